The number of ether oxygens (including phenoxy) is 2. The van der Waals surface area contributed by atoms with Crippen LogP contribution in [-0.2, 0) is 23.8 Å². The summed E-state index contributed by atoms with van der Waals surface area (Å²) in [6, 6.07) is 15.7. The molecule has 2 rings (SSSR count). The molecule has 1 atom stereocenters. The monoisotopic (exact) mass is 420 g/mol. The maximum absolute atomic E-state index is 12.4. The van der Waals surface area contributed by atoms with E-state index in [1.165, 1.54) is 6.07 Å². The molecule has 0 saturated heterocycles. The molecule has 0 aliphatic carbocycles. The third-order valence-corrected chi connectivity index (χ3v) is 5.92. The van der Waals surface area contributed by atoms with Crippen LogP contribution in [0.2, 0.25) is 0 Å². The molecule has 0 heterocycles. The number of carbonyl (C=O) groups is 1. The third kappa shape index (κ3) is 6.58. The van der Waals surface area contributed by atoms with Crippen LogP contribution in [0.25, 0.3) is 0 Å². The molecule has 0 fully saturated rings. The van der Waals surface area contributed by atoms with Gasteiger partial charge >= 0.3 is 5.97 Å². The second-order valence-corrected chi connectivity index (χ2v) is 8.45. The van der Waals surface area contributed by atoms with Crippen molar-refractivity contribution in [3.63, 3.8) is 0 Å². The van der Waals surface area contributed by atoms with Gasteiger partial charge in [-0.15, -0.1) is 0 Å². The lowest BCUT2D eigenvalue weighted by molar-refractivity contribution is -0.161. The molecule has 0 radical (unpaired) electrons. The SMILES string of the molecule is CCOC(=O)C(C)(CCCCOS(=O)(=O)c1ccccc1C)Oc1ccccc1. The molecule has 1 unspecified atom stereocenters. The van der Waals surface area contributed by atoms with Gasteiger partial charge in [-0.2, -0.15) is 8.42 Å². The molecular weight excluding hydrogens is 392 g/mol. The Hall–Kier alpha value is -2.38. The predicted molar refractivity (Wildman–Crippen MR) is 110 cm³/mol. The summed E-state index contributed by atoms with van der Waals surface area (Å²) in [4.78, 5) is 12.6. The van der Waals surface area contributed by atoms with Gasteiger partial charge in [0.2, 0.25) is 5.60 Å². The van der Waals surface area contributed by atoms with Crippen molar-refractivity contribution in [3.8, 4) is 5.75 Å². The lowest BCUT2D eigenvalue weighted by Gasteiger charge is -2.28. The van der Waals surface area contributed by atoms with Crippen LogP contribution in [0.4, 0.5) is 0 Å². The molecule has 2 aromatic rings. The number of unbranched alkanes of at least 4 members (excludes halogenated alkanes) is 1. The van der Waals surface area contributed by atoms with Gasteiger partial charge < -0.3 is 9.47 Å². The molecule has 0 aliphatic rings. The Kier molecular flexibility index (Phi) is 8.22. The molecular formula is C22H28O6S. The fraction of sp³-hybridized carbons (Fsp3) is 0.409. The first kappa shape index (κ1) is 22.9. The zero-order valence-electron chi connectivity index (χ0n) is 17.1. The average Bonchev–Trinajstić information content (AvgIpc) is 2.69. The van der Waals surface area contributed by atoms with Crippen molar-refractivity contribution < 1.29 is 26.9 Å². The maximum atomic E-state index is 12.4. The van der Waals surface area contributed by atoms with E-state index in [2.05, 4.69) is 0 Å². The van der Waals surface area contributed by atoms with Crippen LogP contribution < -0.4 is 4.74 Å². The van der Waals surface area contributed by atoms with Gasteiger partial charge in [-0.3, -0.25) is 4.18 Å². The molecule has 7 heteroatoms. The highest BCUT2D eigenvalue weighted by Gasteiger charge is 2.36. The van der Waals surface area contributed by atoms with E-state index in [9.17, 15) is 13.2 Å². The first-order valence-corrected chi connectivity index (χ1v) is 11.1. The van der Waals surface area contributed by atoms with Gasteiger partial charge in [0.1, 0.15) is 5.75 Å². The summed E-state index contributed by atoms with van der Waals surface area (Å²) < 4.78 is 40.9. The largest absolute Gasteiger partial charge is 0.476 e. The Balaban J connectivity index is 1.92. The van der Waals surface area contributed by atoms with E-state index < -0.39 is 21.7 Å². The van der Waals surface area contributed by atoms with E-state index in [-0.39, 0.29) is 18.1 Å². The van der Waals surface area contributed by atoms with Crippen molar-refractivity contribution >= 4 is 16.1 Å². The highest BCUT2D eigenvalue weighted by molar-refractivity contribution is 7.86. The van der Waals surface area contributed by atoms with Crippen LogP contribution in [0, 0.1) is 6.92 Å². The number of hydrogen-bond donors (Lipinski definition) is 0. The molecule has 2 aromatic carbocycles. The van der Waals surface area contributed by atoms with Crippen LogP contribution in [0.5, 0.6) is 5.75 Å². The number of hydrogen-bond acceptors (Lipinski definition) is 6. The van der Waals surface area contributed by atoms with Crippen molar-refractivity contribution in [2.75, 3.05) is 13.2 Å². The first-order chi connectivity index (χ1) is 13.8. The summed E-state index contributed by atoms with van der Waals surface area (Å²) in [7, 11) is -3.80. The predicted octanol–water partition coefficient (Wildman–Crippen LogP) is 4.27. The number of rotatable bonds is 11. The van der Waals surface area contributed by atoms with Crippen LogP contribution in [0.15, 0.2) is 59.5 Å². The lowest BCUT2D eigenvalue weighted by atomic mass is 9.98. The fourth-order valence-corrected chi connectivity index (χ4v) is 4.03. The minimum atomic E-state index is -3.80. The van der Waals surface area contributed by atoms with E-state index in [4.69, 9.17) is 13.7 Å². The molecule has 0 aliphatic heterocycles. The number of esters is 1. The Bertz CT molecular complexity index is 895. The maximum Gasteiger partial charge on any atom is 0.350 e. The van der Waals surface area contributed by atoms with Crippen LogP contribution in [0.3, 0.4) is 0 Å². The minimum absolute atomic E-state index is 0.0287. The topological polar surface area (TPSA) is 78.9 Å². The molecule has 0 bridgehead atoms. The highest BCUT2D eigenvalue weighted by Crippen LogP contribution is 2.25. The molecule has 0 saturated carbocycles. The smallest absolute Gasteiger partial charge is 0.350 e. The Morgan fingerprint density at radius 3 is 2.31 bits per heavy atom. The Morgan fingerprint density at radius 1 is 1.00 bits per heavy atom. The van der Waals surface area contributed by atoms with E-state index in [0.717, 1.165) is 0 Å². The lowest BCUT2D eigenvalue weighted by Crippen LogP contribution is -2.43. The van der Waals surface area contributed by atoms with E-state index >= 15 is 0 Å². The van der Waals surface area contributed by atoms with E-state index in [0.29, 0.717) is 30.6 Å². The highest BCUT2D eigenvalue weighted by atomic mass is 32.2. The molecule has 0 spiro atoms. The summed E-state index contributed by atoms with van der Waals surface area (Å²) in [6.45, 7) is 5.43. The zero-order chi connectivity index (χ0) is 21.3. The molecule has 29 heavy (non-hydrogen) atoms. The minimum Gasteiger partial charge on any atom is -0.476 e. The Labute approximate surface area is 172 Å². The van der Waals surface area contributed by atoms with Crippen LogP contribution in [0.1, 0.15) is 38.7 Å². The van der Waals surface area contributed by atoms with Crippen LogP contribution >= 0.6 is 0 Å². The summed E-state index contributed by atoms with van der Waals surface area (Å²) in [6.07, 6.45) is 1.36. The molecule has 6 nitrogen and oxygen atoms in total. The molecule has 158 valence electrons. The average molecular weight is 421 g/mol. The summed E-state index contributed by atoms with van der Waals surface area (Å²) in [5.74, 6) is 0.124. The normalized spacial score (nSPS) is 13.5. The summed E-state index contributed by atoms with van der Waals surface area (Å²) in [5, 5.41) is 0. The van der Waals surface area contributed by atoms with Crippen molar-refractivity contribution in [1.29, 1.82) is 0 Å². The van der Waals surface area contributed by atoms with Crippen molar-refractivity contribution in [2.45, 2.75) is 50.5 Å². The standard InChI is InChI=1S/C22H28O6S/c1-4-26-21(23)22(3,28-19-13-6-5-7-14-19)16-10-11-17-27-29(24,25)20-15-9-8-12-18(20)2/h5-9,12-15H,4,10-11,16-17H2,1-3H3. The van der Waals surface area contributed by atoms with Crippen molar-refractivity contribution in [3.05, 3.63) is 60.2 Å². The van der Waals surface area contributed by atoms with Gasteiger partial charge in [-0.1, -0.05) is 36.4 Å². The molecule has 0 N–H and O–H groups in total. The number of para-hydroxylation sites is 1. The van der Waals surface area contributed by atoms with Crippen LogP contribution in [-0.4, -0.2) is 33.2 Å². The third-order valence-electron chi connectivity index (χ3n) is 4.44. The van der Waals surface area contributed by atoms with Gasteiger partial charge in [0.25, 0.3) is 10.1 Å². The fourth-order valence-electron chi connectivity index (χ4n) is 2.86. The quantitative estimate of drug-likeness (QED) is 0.307. The number of aryl methyl sites for hydroxylation is 1. The van der Waals surface area contributed by atoms with Crippen molar-refractivity contribution in [1.82, 2.24) is 0 Å². The van der Waals surface area contributed by atoms with Gasteiger partial charge in [0.15, 0.2) is 0 Å². The number of benzene rings is 2. The second-order valence-electron chi connectivity index (χ2n) is 6.87. The molecule has 0 aromatic heterocycles. The number of carbonyl (C=O) groups excluding carboxylic acids is 1. The second kappa shape index (κ2) is 10.4. The first-order valence-electron chi connectivity index (χ1n) is 9.65. The summed E-state index contributed by atoms with van der Waals surface area (Å²) in [5.41, 5.74) is -0.523. The van der Waals surface area contributed by atoms with E-state index in [1.807, 2.05) is 18.2 Å². The summed E-state index contributed by atoms with van der Waals surface area (Å²) >= 11 is 0. The van der Waals surface area contributed by atoms with Gasteiger partial charge in [-0.05, 0) is 63.8 Å². The molecule has 0 amide bonds. The zero-order valence-corrected chi connectivity index (χ0v) is 17.9. The Morgan fingerprint density at radius 2 is 1.66 bits per heavy atom. The van der Waals surface area contributed by atoms with Gasteiger partial charge in [-0.25, -0.2) is 4.79 Å². The van der Waals surface area contributed by atoms with Gasteiger partial charge in [0.05, 0.1) is 18.1 Å². The van der Waals surface area contributed by atoms with Gasteiger partial charge in [0, 0.05) is 0 Å². The van der Waals surface area contributed by atoms with Crippen molar-refractivity contribution in [2.24, 2.45) is 0 Å². The van der Waals surface area contributed by atoms with E-state index in [1.54, 1.807) is 51.1 Å².